The van der Waals surface area contributed by atoms with Crippen molar-refractivity contribution in [2.75, 3.05) is 40.9 Å². The fraction of sp³-hybridized carbons (Fsp3) is 0.675. The normalized spacial score (nSPS) is 14.3. The lowest BCUT2D eigenvalue weighted by atomic mass is 10.0. The lowest BCUT2D eigenvalue weighted by Gasteiger charge is -2.30. The smallest absolute Gasteiger partial charge is 0.306 e. The molecule has 0 aliphatic heterocycles. The van der Waals surface area contributed by atoms with Gasteiger partial charge in [-0.3, -0.25) is 14.2 Å². The number of carbonyl (C=O) groups is 2. The summed E-state index contributed by atoms with van der Waals surface area (Å²) in [6.07, 6.45) is 98.2. The Morgan fingerprint density at radius 3 is 1.07 bits per heavy atom. The van der Waals surface area contributed by atoms with Crippen LogP contribution in [0.4, 0.5) is 0 Å². The van der Waals surface area contributed by atoms with E-state index in [-0.39, 0.29) is 24.9 Å². The minimum atomic E-state index is -4.72. The van der Waals surface area contributed by atoms with Gasteiger partial charge in [-0.2, -0.15) is 0 Å². The van der Waals surface area contributed by atoms with Gasteiger partial charge in [-0.05, 0) is 128 Å². The van der Waals surface area contributed by atoms with Crippen molar-refractivity contribution in [2.24, 2.45) is 0 Å². The van der Waals surface area contributed by atoms with Crippen LogP contribution in [0.5, 0.6) is 0 Å². The Kier molecular flexibility index (Phi) is 64.7. The van der Waals surface area contributed by atoms with Crippen molar-refractivity contribution in [3.05, 3.63) is 146 Å². The van der Waals surface area contributed by atoms with E-state index < -0.39 is 26.6 Å². The number of rotatable bonds is 65. The largest absolute Gasteiger partial charge is 0.756 e. The van der Waals surface area contributed by atoms with Gasteiger partial charge in [0, 0.05) is 12.8 Å². The zero-order chi connectivity index (χ0) is 65.6. The number of hydrogen-bond donors (Lipinski definition) is 1. The molecule has 514 valence electrons. The molecule has 3 atom stereocenters. The summed E-state index contributed by atoms with van der Waals surface area (Å²) in [7, 11) is 1.16. The molecule has 1 amide bonds. The highest BCUT2D eigenvalue weighted by molar-refractivity contribution is 7.45. The highest BCUT2D eigenvalue weighted by Gasteiger charge is 2.27. The van der Waals surface area contributed by atoms with Gasteiger partial charge >= 0.3 is 5.97 Å². The third-order valence-electron chi connectivity index (χ3n) is 15.5. The lowest BCUT2D eigenvalue weighted by Crippen LogP contribution is -2.47. The van der Waals surface area contributed by atoms with Crippen LogP contribution in [-0.2, 0) is 27.9 Å². The number of phosphoric acid groups is 1. The van der Waals surface area contributed by atoms with Gasteiger partial charge in [0.15, 0.2) is 0 Å². The van der Waals surface area contributed by atoms with Crippen LogP contribution in [0.25, 0.3) is 0 Å². The molecule has 90 heavy (non-hydrogen) atoms. The number of likely N-dealkylation sites (N-methyl/N-ethyl adjacent to an activating group) is 1. The summed E-state index contributed by atoms with van der Waals surface area (Å²) in [6, 6.07) is -0.908. The Balaban J connectivity index is 5.09. The molecule has 0 saturated heterocycles. The first-order valence-electron chi connectivity index (χ1n) is 36.6. The van der Waals surface area contributed by atoms with Crippen LogP contribution in [0.2, 0.25) is 0 Å². The zero-order valence-electron chi connectivity index (χ0n) is 58.8. The van der Waals surface area contributed by atoms with Crippen LogP contribution in [0, 0.1) is 0 Å². The molecule has 0 aliphatic rings. The number of quaternary nitrogens is 1. The molecule has 0 fully saturated rings. The maximum Gasteiger partial charge on any atom is 0.306 e. The van der Waals surface area contributed by atoms with Crippen molar-refractivity contribution in [1.29, 1.82) is 0 Å². The summed E-state index contributed by atoms with van der Waals surface area (Å²) in [5, 5.41) is 3.04. The molecular weight excluding hydrogens is 1130 g/mol. The maximum atomic E-state index is 13.6. The molecule has 3 unspecified atom stereocenters. The van der Waals surface area contributed by atoms with Crippen LogP contribution >= 0.6 is 7.82 Å². The predicted octanol–water partition coefficient (Wildman–Crippen LogP) is 23.1. The van der Waals surface area contributed by atoms with E-state index in [2.05, 4.69) is 160 Å². The second-order valence-electron chi connectivity index (χ2n) is 25.3. The van der Waals surface area contributed by atoms with Gasteiger partial charge in [0.1, 0.15) is 19.3 Å². The van der Waals surface area contributed by atoms with Crippen LogP contribution in [0.15, 0.2) is 146 Å². The average Bonchev–Trinajstić information content (AvgIpc) is 3.04. The molecule has 10 heteroatoms. The number of nitrogens with one attached hydrogen (secondary N) is 1. The van der Waals surface area contributed by atoms with Crippen molar-refractivity contribution in [2.45, 2.75) is 309 Å². The summed E-state index contributed by atoms with van der Waals surface area (Å²) in [6.45, 7) is 6.61. The van der Waals surface area contributed by atoms with Gasteiger partial charge in [0.2, 0.25) is 5.91 Å². The van der Waals surface area contributed by atoms with E-state index >= 15 is 0 Å². The SMILES string of the molecule is CC/C=C\C/C=C\C/C=C\C/C=C\C/C=C\C/C=C\CCCCCCCCCCC(=O)NC(COP(=O)([O-])OCC[N+](C)(C)C)C(/C=C/CCCCCCCCCCCC)OC(=O)CCCCCCCCCCC/C=C\C/C=C\C/C=C\C/C=C\C/C=C\CC. The van der Waals surface area contributed by atoms with Crippen LogP contribution in [0.1, 0.15) is 297 Å². The molecule has 0 saturated carbocycles. The number of esters is 1. The average molecular weight is 1270 g/mol. The molecule has 0 heterocycles. The maximum absolute atomic E-state index is 13.6. The summed E-state index contributed by atoms with van der Waals surface area (Å²) < 4.78 is 30.5. The van der Waals surface area contributed by atoms with Crippen molar-refractivity contribution in [1.82, 2.24) is 5.32 Å². The summed E-state index contributed by atoms with van der Waals surface area (Å²) >= 11 is 0. The topological polar surface area (TPSA) is 114 Å². The Bertz CT molecular complexity index is 2050. The third kappa shape index (κ3) is 68.3. The quantitative estimate of drug-likeness (QED) is 0.0212. The zero-order valence-corrected chi connectivity index (χ0v) is 59.7. The molecule has 0 radical (unpaired) electrons. The van der Waals surface area contributed by atoms with Crippen molar-refractivity contribution in [3.63, 3.8) is 0 Å². The third-order valence-corrected chi connectivity index (χ3v) is 16.5. The molecule has 0 spiro atoms. The number of carbonyl (C=O) groups excluding carboxylic acids is 2. The molecule has 0 rings (SSSR count). The van der Waals surface area contributed by atoms with Crippen molar-refractivity contribution < 1.29 is 37.3 Å². The summed E-state index contributed by atoms with van der Waals surface area (Å²) in [5.41, 5.74) is 0. The molecule has 0 aliphatic carbocycles. The van der Waals surface area contributed by atoms with Crippen molar-refractivity contribution in [3.8, 4) is 0 Å². The standard InChI is InChI=1S/C80H137N2O7P/c1-7-10-13-16-19-22-25-28-30-32-34-36-38-40-41-43-44-46-48-50-52-54-57-60-63-66-69-72-79(83)81-77(76-88-90(85,86)87-75-74-82(4,5)6)78(71-68-65-62-59-56-27-24-21-18-15-12-9-3)89-80(84)73-70-67-64-61-58-55-53-51-49-47-45-42-39-37-35-33-31-29-26-23-20-17-14-11-8-2/h10-11,13-14,19-20,22-23,28-31,34-37,40-42,44-46,68,71,77-78H,7-9,12,15-18,21,24-27,32-33,38-39,43,47-67,69-70,72-76H2,1-6H3,(H-,81,83,85,86)/b13-10-,14-11-,22-19-,23-20-,30-28-,31-29-,36-34-,37-35-,41-40-,45-42-,46-44-,71-68+. The number of amides is 1. The first-order chi connectivity index (χ1) is 43.9. The van der Waals surface area contributed by atoms with Gasteiger partial charge < -0.3 is 28.5 Å². The molecule has 0 aromatic carbocycles. The monoisotopic (exact) mass is 1270 g/mol. The first-order valence-corrected chi connectivity index (χ1v) is 38.1. The Labute approximate surface area is 555 Å². The Morgan fingerprint density at radius 1 is 0.400 bits per heavy atom. The van der Waals surface area contributed by atoms with Crippen molar-refractivity contribution >= 4 is 19.7 Å². The number of hydrogen-bond acceptors (Lipinski definition) is 7. The molecule has 1 N–H and O–H groups in total. The lowest BCUT2D eigenvalue weighted by molar-refractivity contribution is -0.870. The van der Waals surface area contributed by atoms with Gasteiger partial charge in [-0.1, -0.05) is 302 Å². The Hall–Kier alpha value is -4.11. The number of phosphoric ester groups is 1. The fourth-order valence-corrected chi connectivity index (χ4v) is 10.7. The number of nitrogens with zero attached hydrogens (tertiary/aromatic N) is 1. The second kappa shape index (κ2) is 67.8. The molecule has 0 aromatic heterocycles. The van der Waals surface area contributed by atoms with E-state index in [0.29, 0.717) is 17.4 Å². The molecule has 0 bridgehead atoms. The number of allylic oxidation sites excluding steroid dienone is 23. The van der Waals surface area contributed by atoms with Gasteiger partial charge in [0.05, 0.1) is 33.8 Å². The summed E-state index contributed by atoms with van der Waals surface area (Å²) in [4.78, 5) is 40.3. The second-order valence-corrected chi connectivity index (χ2v) is 26.7. The minimum absolute atomic E-state index is 0.0325. The first kappa shape index (κ1) is 85.9. The van der Waals surface area contributed by atoms with E-state index in [4.69, 9.17) is 13.8 Å². The highest BCUT2D eigenvalue weighted by atomic mass is 31.2. The van der Waals surface area contributed by atoms with E-state index in [1.165, 1.54) is 109 Å². The van der Waals surface area contributed by atoms with Gasteiger partial charge in [-0.25, -0.2) is 0 Å². The van der Waals surface area contributed by atoms with Gasteiger partial charge in [0.25, 0.3) is 7.82 Å². The van der Waals surface area contributed by atoms with E-state index in [9.17, 15) is 19.0 Å². The van der Waals surface area contributed by atoms with E-state index in [0.717, 1.165) is 154 Å². The highest BCUT2D eigenvalue weighted by Crippen LogP contribution is 2.38. The van der Waals surface area contributed by atoms with E-state index in [1.54, 1.807) is 0 Å². The number of ether oxygens (including phenoxy) is 1. The van der Waals surface area contributed by atoms with E-state index in [1.807, 2.05) is 33.3 Å². The van der Waals surface area contributed by atoms with Gasteiger partial charge in [-0.15, -0.1) is 0 Å². The van der Waals surface area contributed by atoms with Crippen LogP contribution in [-0.4, -0.2) is 69.4 Å². The minimum Gasteiger partial charge on any atom is -0.756 e. The molecular formula is C80H137N2O7P. The van der Waals surface area contributed by atoms with Crippen LogP contribution in [0.3, 0.4) is 0 Å². The molecule has 9 nitrogen and oxygen atoms in total. The summed E-state index contributed by atoms with van der Waals surface area (Å²) in [5.74, 6) is -0.562. The number of unbranched alkanes of at least 4 members (excludes halogenated alkanes) is 27. The molecule has 0 aromatic rings. The fourth-order valence-electron chi connectivity index (χ4n) is 9.96. The predicted molar refractivity (Wildman–Crippen MR) is 389 cm³/mol. The Morgan fingerprint density at radius 2 is 0.711 bits per heavy atom. The van der Waals surface area contributed by atoms with Crippen LogP contribution < -0.4 is 10.2 Å².